The van der Waals surface area contributed by atoms with Gasteiger partial charge in [-0.15, -0.1) is 5.73 Å². The molecule has 0 saturated carbocycles. The van der Waals surface area contributed by atoms with Crippen LogP contribution in [0.15, 0.2) is 66.4 Å². The van der Waals surface area contributed by atoms with E-state index in [1.54, 1.807) is 7.11 Å². The number of rotatable bonds is 6. The molecule has 0 aromatic heterocycles. The van der Waals surface area contributed by atoms with Crippen molar-refractivity contribution in [1.29, 1.82) is 0 Å². The van der Waals surface area contributed by atoms with Crippen molar-refractivity contribution >= 4 is 6.08 Å². The first-order valence-corrected chi connectivity index (χ1v) is 6.55. The van der Waals surface area contributed by atoms with Gasteiger partial charge in [-0.05, 0) is 35.4 Å². The van der Waals surface area contributed by atoms with Gasteiger partial charge in [0.25, 0.3) is 0 Å². The van der Waals surface area contributed by atoms with Crippen molar-refractivity contribution in [2.45, 2.75) is 6.61 Å². The zero-order valence-electron chi connectivity index (χ0n) is 11.6. The smallest absolute Gasteiger partial charge is 0.118 e. The summed E-state index contributed by atoms with van der Waals surface area (Å²) in [5.74, 6) is 0.859. The highest BCUT2D eigenvalue weighted by atomic mass is 16.5. The molecule has 0 fully saturated rings. The first kappa shape index (κ1) is 14.1. The molecule has 2 aromatic carbocycles. The minimum atomic E-state index is 0.557. The molecule has 0 saturated heterocycles. The second-order valence-electron chi connectivity index (χ2n) is 4.29. The zero-order valence-corrected chi connectivity index (χ0v) is 11.6. The summed E-state index contributed by atoms with van der Waals surface area (Å²) in [7, 11) is 1.66. The summed E-state index contributed by atoms with van der Waals surface area (Å²) in [6, 6.07) is 18.0. The highest BCUT2D eigenvalue weighted by molar-refractivity contribution is 5.49. The molecule has 0 aliphatic rings. The maximum absolute atomic E-state index is 5.54. The largest absolute Gasteiger partial charge is 0.497 e. The van der Waals surface area contributed by atoms with Crippen LogP contribution >= 0.6 is 0 Å². The highest BCUT2D eigenvalue weighted by Crippen LogP contribution is 2.11. The fraction of sp³-hybridized carbons (Fsp3) is 0.167. The average molecular weight is 266 g/mol. The highest BCUT2D eigenvalue weighted by Gasteiger charge is 1.90. The van der Waals surface area contributed by atoms with Gasteiger partial charge >= 0.3 is 0 Å². The number of ether oxygens (including phenoxy) is 2. The van der Waals surface area contributed by atoms with Crippen LogP contribution in [-0.2, 0) is 11.3 Å². The molecule has 0 unspecified atom stereocenters. The third-order valence-electron chi connectivity index (χ3n) is 2.80. The Labute approximate surface area is 120 Å². The van der Waals surface area contributed by atoms with Crippen molar-refractivity contribution < 1.29 is 9.47 Å². The molecule has 0 spiro atoms. The van der Waals surface area contributed by atoms with E-state index in [0.717, 1.165) is 11.3 Å². The number of benzene rings is 2. The van der Waals surface area contributed by atoms with Crippen LogP contribution in [0.3, 0.4) is 0 Å². The first-order valence-electron chi connectivity index (χ1n) is 6.55. The van der Waals surface area contributed by atoms with E-state index in [1.807, 2.05) is 54.6 Å². The van der Waals surface area contributed by atoms with Gasteiger partial charge in [0.05, 0.1) is 20.3 Å². The number of hydrogen-bond donors (Lipinski definition) is 0. The lowest BCUT2D eigenvalue weighted by Gasteiger charge is -1.99. The zero-order chi connectivity index (χ0) is 14.0. The predicted octanol–water partition coefficient (Wildman–Crippen LogP) is 4.08. The Hall–Kier alpha value is -2.28. The van der Waals surface area contributed by atoms with Gasteiger partial charge in [0.2, 0.25) is 0 Å². The Bertz CT molecular complexity index is 564. The summed E-state index contributed by atoms with van der Waals surface area (Å²) in [6.45, 7) is 1.18. The Balaban J connectivity index is 1.76. The van der Waals surface area contributed by atoms with Gasteiger partial charge in [-0.2, -0.15) is 0 Å². The molecule has 0 radical (unpaired) electrons. The molecule has 2 heteroatoms. The fourth-order valence-corrected chi connectivity index (χ4v) is 1.71. The predicted molar refractivity (Wildman–Crippen MR) is 81.6 cm³/mol. The summed E-state index contributed by atoms with van der Waals surface area (Å²) >= 11 is 0. The molecular weight excluding hydrogens is 248 g/mol. The van der Waals surface area contributed by atoms with Crippen molar-refractivity contribution in [2.75, 3.05) is 13.7 Å². The molecule has 0 aliphatic carbocycles. The van der Waals surface area contributed by atoms with E-state index in [2.05, 4.69) is 17.9 Å². The first-order chi connectivity index (χ1) is 9.88. The van der Waals surface area contributed by atoms with Crippen molar-refractivity contribution in [1.82, 2.24) is 0 Å². The van der Waals surface area contributed by atoms with Crippen LogP contribution < -0.4 is 4.74 Å². The molecule has 0 atom stereocenters. The molecule has 2 nitrogen and oxygen atoms in total. The maximum Gasteiger partial charge on any atom is 0.118 e. The molecule has 0 aliphatic heterocycles. The minimum Gasteiger partial charge on any atom is -0.497 e. The Kier molecular flexibility index (Phi) is 5.66. The van der Waals surface area contributed by atoms with Crippen LogP contribution in [0.25, 0.3) is 6.08 Å². The molecule has 0 N–H and O–H groups in total. The van der Waals surface area contributed by atoms with Crippen LogP contribution in [0.5, 0.6) is 5.75 Å². The van der Waals surface area contributed by atoms with Gasteiger partial charge in [0.1, 0.15) is 5.75 Å². The quantitative estimate of drug-likeness (QED) is 0.579. The third-order valence-corrected chi connectivity index (χ3v) is 2.80. The van der Waals surface area contributed by atoms with E-state index in [4.69, 9.17) is 9.47 Å². The fourth-order valence-electron chi connectivity index (χ4n) is 1.71. The summed E-state index contributed by atoms with van der Waals surface area (Å²) < 4.78 is 10.6. The van der Waals surface area contributed by atoms with Crippen molar-refractivity contribution in [3.63, 3.8) is 0 Å². The van der Waals surface area contributed by atoms with Crippen molar-refractivity contribution in [2.24, 2.45) is 0 Å². The second-order valence-corrected chi connectivity index (χ2v) is 4.29. The molecule has 20 heavy (non-hydrogen) atoms. The molecule has 2 rings (SSSR count). The SMILES string of the molecule is COc1ccc(C=C=CCOCc2ccccc2)cc1. The standard InChI is InChI=1S/C18H18O2/c1-19-18-12-10-16(11-13-18)7-5-6-14-20-15-17-8-3-2-4-9-17/h2-4,6-13H,14-15H2,1H3. The lowest BCUT2D eigenvalue weighted by molar-refractivity contribution is 0.149. The normalized spacial score (nSPS) is 9.65. The van der Waals surface area contributed by atoms with Gasteiger partial charge in [0.15, 0.2) is 0 Å². The van der Waals surface area contributed by atoms with E-state index in [1.165, 1.54) is 5.56 Å². The van der Waals surface area contributed by atoms with E-state index >= 15 is 0 Å². The van der Waals surface area contributed by atoms with Gasteiger partial charge < -0.3 is 9.47 Å². The van der Waals surface area contributed by atoms with E-state index in [0.29, 0.717) is 13.2 Å². The molecule has 0 amide bonds. The van der Waals surface area contributed by atoms with Gasteiger partial charge in [-0.1, -0.05) is 42.5 Å². The van der Waals surface area contributed by atoms with Crippen LogP contribution in [0.2, 0.25) is 0 Å². The van der Waals surface area contributed by atoms with Crippen LogP contribution in [0.1, 0.15) is 11.1 Å². The number of methoxy groups -OCH3 is 1. The van der Waals surface area contributed by atoms with Crippen molar-refractivity contribution in [3.8, 4) is 5.75 Å². The Morgan fingerprint density at radius 1 is 1.00 bits per heavy atom. The molecular formula is C18H18O2. The summed E-state index contributed by atoms with van der Waals surface area (Å²) in [6.07, 6.45) is 3.80. The van der Waals surface area contributed by atoms with E-state index in [-0.39, 0.29) is 0 Å². The third kappa shape index (κ3) is 4.77. The average Bonchev–Trinajstić information content (AvgIpc) is 2.52. The minimum absolute atomic E-state index is 0.557. The monoisotopic (exact) mass is 266 g/mol. The van der Waals surface area contributed by atoms with Crippen LogP contribution in [0, 0.1) is 0 Å². The Morgan fingerprint density at radius 2 is 1.75 bits per heavy atom. The van der Waals surface area contributed by atoms with E-state index in [9.17, 15) is 0 Å². The van der Waals surface area contributed by atoms with Crippen molar-refractivity contribution in [3.05, 3.63) is 77.5 Å². The summed E-state index contributed by atoms with van der Waals surface area (Å²) in [5.41, 5.74) is 5.38. The summed E-state index contributed by atoms with van der Waals surface area (Å²) in [4.78, 5) is 0. The molecule has 0 heterocycles. The lowest BCUT2D eigenvalue weighted by atomic mass is 10.2. The van der Waals surface area contributed by atoms with E-state index < -0.39 is 0 Å². The van der Waals surface area contributed by atoms with Crippen LogP contribution in [-0.4, -0.2) is 13.7 Å². The van der Waals surface area contributed by atoms with Gasteiger partial charge in [-0.3, -0.25) is 0 Å². The lowest BCUT2D eigenvalue weighted by Crippen LogP contribution is -1.91. The maximum atomic E-state index is 5.54. The molecule has 2 aromatic rings. The molecule has 102 valence electrons. The topological polar surface area (TPSA) is 18.5 Å². The van der Waals surface area contributed by atoms with Gasteiger partial charge in [0, 0.05) is 0 Å². The second kappa shape index (κ2) is 8.00. The summed E-state index contributed by atoms with van der Waals surface area (Å²) in [5, 5.41) is 0. The molecule has 0 bridgehead atoms. The van der Waals surface area contributed by atoms with Gasteiger partial charge in [-0.25, -0.2) is 0 Å². The Morgan fingerprint density at radius 3 is 2.45 bits per heavy atom. The number of hydrogen-bond acceptors (Lipinski definition) is 2. The van der Waals surface area contributed by atoms with Crippen LogP contribution in [0.4, 0.5) is 0 Å².